The summed E-state index contributed by atoms with van der Waals surface area (Å²) in [6.45, 7) is 1.85. The summed E-state index contributed by atoms with van der Waals surface area (Å²) in [5, 5.41) is 11.1. The zero-order chi connectivity index (χ0) is 25.8. The zero-order valence-electron chi connectivity index (χ0n) is 20.0. The van der Waals surface area contributed by atoms with Crippen molar-refractivity contribution in [3.63, 3.8) is 0 Å². The Morgan fingerprint density at radius 2 is 1.76 bits per heavy atom. The van der Waals surface area contributed by atoms with Gasteiger partial charge in [0, 0.05) is 5.69 Å². The summed E-state index contributed by atoms with van der Waals surface area (Å²) in [6, 6.07) is 22.6. The summed E-state index contributed by atoms with van der Waals surface area (Å²) in [5.74, 6) is -0.700. The molecule has 0 spiro atoms. The van der Waals surface area contributed by atoms with Gasteiger partial charge in [0.1, 0.15) is 29.7 Å². The van der Waals surface area contributed by atoms with Gasteiger partial charge < -0.3 is 9.73 Å². The van der Waals surface area contributed by atoms with E-state index in [0.717, 1.165) is 5.56 Å². The molecule has 0 radical (unpaired) electrons. The molecule has 186 valence electrons. The van der Waals surface area contributed by atoms with E-state index < -0.39 is 23.7 Å². The van der Waals surface area contributed by atoms with Gasteiger partial charge in [0.05, 0.1) is 18.3 Å². The molecule has 8 nitrogen and oxygen atoms in total. The topological polar surface area (TPSA) is 93.3 Å². The Hall–Kier alpha value is -4.79. The van der Waals surface area contributed by atoms with Crippen molar-refractivity contribution in [2.75, 3.05) is 4.90 Å². The van der Waals surface area contributed by atoms with Crippen LogP contribution in [0, 0.1) is 12.7 Å². The Bertz CT molecular complexity index is 1530. The highest BCUT2D eigenvalue weighted by Gasteiger charge is 2.34. The molecule has 5 aromatic rings. The number of nitrogens with zero attached hydrogens (tertiary/aromatic N) is 4. The fourth-order valence-corrected chi connectivity index (χ4v) is 4.25. The number of carbonyl (C=O) groups is 2. The molecular formula is C28H24FN5O3. The Labute approximate surface area is 212 Å². The first-order valence-electron chi connectivity index (χ1n) is 11.7. The number of anilines is 1. The summed E-state index contributed by atoms with van der Waals surface area (Å²) in [7, 11) is 0. The van der Waals surface area contributed by atoms with Crippen LogP contribution >= 0.6 is 0 Å². The lowest BCUT2D eigenvalue weighted by molar-refractivity contribution is -0.127. The van der Waals surface area contributed by atoms with Gasteiger partial charge in [0.15, 0.2) is 0 Å². The third-order valence-electron chi connectivity index (χ3n) is 6.09. The van der Waals surface area contributed by atoms with E-state index in [1.807, 2.05) is 43.3 Å². The maximum Gasteiger partial charge on any atom is 0.249 e. The standard InChI is InChI=1S/C28H24FN5O3/c1-19-7-2-3-9-23(19)27(28(36)30-17-22-8-6-16-37-22)34(21-14-12-20(29)13-15-21)26(35)18-33-25-11-5-4-10-24(25)31-32-33/h2-16,27H,17-18H2,1H3,(H,30,36)/t27-/m1/s1. The molecule has 5 rings (SSSR count). The lowest BCUT2D eigenvalue weighted by atomic mass is 9.98. The molecular weight excluding hydrogens is 473 g/mol. The van der Waals surface area contributed by atoms with Crippen molar-refractivity contribution in [1.82, 2.24) is 20.3 Å². The molecule has 37 heavy (non-hydrogen) atoms. The zero-order valence-corrected chi connectivity index (χ0v) is 20.0. The molecule has 1 N–H and O–H groups in total. The minimum absolute atomic E-state index is 0.146. The Balaban J connectivity index is 1.57. The second kappa shape index (κ2) is 10.4. The van der Waals surface area contributed by atoms with Crippen molar-refractivity contribution in [3.05, 3.63) is 114 Å². The molecule has 3 aromatic carbocycles. The van der Waals surface area contributed by atoms with Crippen LogP contribution in [0.4, 0.5) is 10.1 Å². The molecule has 0 fully saturated rings. The van der Waals surface area contributed by atoms with Crippen LogP contribution in [0.1, 0.15) is 22.9 Å². The second-order valence-electron chi connectivity index (χ2n) is 8.53. The summed E-state index contributed by atoms with van der Waals surface area (Å²) in [4.78, 5) is 29.1. The third kappa shape index (κ3) is 5.11. The van der Waals surface area contributed by atoms with Crippen LogP contribution in [-0.4, -0.2) is 26.8 Å². The summed E-state index contributed by atoms with van der Waals surface area (Å²) in [5.41, 5.74) is 3.17. The van der Waals surface area contributed by atoms with Crippen LogP contribution < -0.4 is 10.2 Å². The average Bonchev–Trinajstić information content (AvgIpc) is 3.58. The number of fused-ring (bicyclic) bond motifs is 1. The van der Waals surface area contributed by atoms with E-state index in [1.54, 1.807) is 24.3 Å². The lowest BCUT2D eigenvalue weighted by Crippen LogP contribution is -2.45. The predicted octanol–water partition coefficient (Wildman–Crippen LogP) is 4.56. The quantitative estimate of drug-likeness (QED) is 0.339. The van der Waals surface area contributed by atoms with Gasteiger partial charge in [-0.1, -0.05) is 41.6 Å². The number of rotatable bonds is 8. The molecule has 2 amide bonds. The highest BCUT2D eigenvalue weighted by molar-refractivity contribution is 6.01. The number of amides is 2. The van der Waals surface area contributed by atoms with Crippen molar-refractivity contribution in [2.45, 2.75) is 26.1 Å². The summed E-state index contributed by atoms with van der Waals surface area (Å²) >= 11 is 0. The van der Waals surface area contributed by atoms with Crippen LogP contribution in [0.2, 0.25) is 0 Å². The van der Waals surface area contributed by atoms with Crippen LogP contribution in [0.15, 0.2) is 95.6 Å². The number of aryl methyl sites for hydroxylation is 1. The Kier molecular flexibility index (Phi) is 6.76. The van der Waals surface area contributed by atoms with Gasteiger partial charge >= 0.3 is 0 Å². The number of nitrogens with one attached hydrogen (secondary N) is 1. The second-order valence-corrected chi connectivity index (χ2v) is 8.53. The number of hydrogen-bond acceptors (Lipinski definition) is 5. The smallest absolute Gasteiger partial charge is 0.249 e. The van der Waals surface area contributed by atoms with Crippen molar-refractivity contribution >= 4 is 28.5 Å². The van der Waals surface area contributed by atoms with Crippen LogP contribution in [0.25, 0.3) is 11.0 Å². The molecule has 0 bridgehead atoms. The molecule has 2 heterocycles. The maximum absolute atomic E-state index is 13.9. The first-order valence-corrected chi connectivity index (χ1v) is 11.7. The number of hydrogen-bond donors (Lipinski definition) is 1. The van der Waals surface area contributed by atoms with E-state index in [4.69, 9.17) is 4.42 Å². The van der Waals surface area contributed by atoms with Crippen LogP contribution in [-0.2, 0) is 22.7 Å². The van der Waals surface area contributed by atoms with E-state index >= 15 is 0 Å². The van der Waals surface area contributed by atoms with E-state index in [0.29, 0.717) is 28.0 Å². The van der Waals surface area contributed by atoms with Crippen LogP contribution in [0.5, 0.6) is 0 Å². The van der Waals surface area contributed by atoms with Crippen molar-refractivity contribution < 1.29 is 18.4 Å². The first kappa shape index (κ1) is 23.9. The molecule has 0 aliphatic carbocycles. The first-order chi connectivity index (χ1) is 18.0. The van der Waals surface area contributed by atoms with Crippen molar-refractivity contribution in [2.24, 2.45) is 0 Å². The van der Waals surface area contributed by atoms with Gasteiger partial charge in [0.25, 0.3) is 0 Å². The number of aromatic nitrogens is 3. The highest BCUT2D eigenvalue weighted by atomic mass is 19.1. The van der Waals surface area contributed by atoms with Gasteiger partial charge in [-0.3, -0.25) is 14.5 Å². The third-order valence-corrected chi connectivity index (χ3v) is 6.09. The number of carbonyl (C=O) groups excluding carboxylic acids is 2. The molecule has 9 heteroatoms. The number of para-hydroxylation sites is 1. The fraction of sp³-hybridized carbons (Fsp3) is 0.143. The highest BCUT2D eigenvalue weighted by Crippen LogP contribution is 2.31. The molecule has 0 saturated heterocycles. The van der Waals surface area contributed by atoms with E-state index in [9.17, 15) is 14.0 Å². The van der Waals surface area contributed by atoms with E-state index in [-0.39, 0.29) is 13.1 Å². The Morgan fingerprint density at radius 1 is 1.00 bits per heavy atom. The number of halogens is 1. The number of benzene rings is 3. The summed E-state index contributed by atoms with van der Waals surface area (Å²) < 4.78 is 20.7. The van der Waals surface area contributed by atoms with Gasteiger partial charge in [-0.15, -0.1) is 5.10 Å². The molecule has 1 atom stereocenters. The van der Waals surface area contributed by atoms with E-state index in [1.165, 1.54) is 40.1 Å². The largest absolute Gasteiger partial charge is 0.467 e. The van der Waals surface area contributed by atoms with Gasteiger partial charge in [-0.2, -0.15) is 0 Å². The molecule has 2 aromatic heterocycles. The van der Waals surface area contributed by atoms with Gasteiger partial charge in [-0.25, -0.2) is 9.07 Å². The maximum atomic E-state index is 13.9. The Morgan fingerprint density at radius 3 is 2.51 bits per heavy atom. The predicted molar refractivity (Wildman–Crippen MR) is 136 cm³/mol. The minimum Gasteiger partial charge on any atom is -0.467 e. The fourth-order valence-electron chi connectivity index (χ4n) is 4.25. The lowest BCUT2D eigenvalue weighted by Gasteiger charge is -2.32. The molecule has 0 saturated carbocycles. The summed E-state index contributed by atoms with van der Waals surface area (Å²) in [6.07, 6.45) is 1.52. The van der Waals surface area contributed by atoms with Gasteiger partial charge in [-0.05, 0) is 66.6 Å². The average molecular weight is 498 g/mol. The molecule has 0 aliphatic heterocycles. The monoisotopic (exact) mass is 497 g/mol. The minimum atomic E-state index is -1.04. The normalized spacial score (nSPS) is 11.8. The molecule has 0 aliphatic rings. The van der Waals surface area contributed by atoms with Crippen molar-refractivity contribution in [1.29, 1.82) is 0 Å². The van der Waals surface area contributed by atoms with Crippen molar-refractivity contribution in [3.8, 4) is 0 Å². The number of furan rings is 1. The van der Waals surface area contributed by atoms with E-state index in [2.05, 4.69) is 15.6 Å². The SMILES string of the molecule is Cc1ccccc1[C@H](C(=O)NCc1ccco1)N(C(=O)Cn1nnc2ccccc21)c1ccc(F)cc1. The van der Waals surface area contributed by atoms with Gasteiger partial charge in [0.2, 0.25) is 11.8 Å². The van der Waals surface area contributed by atoms with Crippen LogP contribution in [0.3, 0.4) is 0 Å². The molecule has 0 unspecified atom stereocenters.